The summed E-state index contributed by atoms with van der Waals surface area (Å²) in [5.74, 6) is 0.598. The maximum atomic E-state index is 13.9. The van der Waals surface area contributed by atoms with Crippen LogP contribution in [0, 0.1) is 11.8 Å². The van der Waals surface area contributed by atoms with E-state index < -0.39 is 0 Å². The predicted molar refractivity (Wildman–Crippen MR) is 183 cm³/mol. The molecule has 2 aliphatic heterocycles. The summed E-state index contributed by atoms with van der Waals surface area (Å²) in [6.07, 6.45) is 9.87. The number of piperidine rings is 1. The number of para-hydroxylation sites is 1. The van der Waals surface area contributed by atoms with Crippen LogP contribution in [0.1, 0.15) is 67.8 Å². The average molecular weight is 668 g/mol. The van der Waals surface area contributed by atoms with E-state index in [2.05, 4.69) is 17.1 Å². The molecule has 3 fully saturated rings. The fourth-order valence-corrected chi connectivity index (χ4v) is 7.91. The van der Waals surface area contributed by atoms with E-state index in [1.165, 1.54) is 12.8 Å². The molecule has 1 N–H and O–H groups in total. The van der Waals surface area contributed by atoms with E-state index in [9.17, 15) is 14.4 Å². The molecular weight excluding hydrogens is 623 g/mol. The van der Waals surface area contributed by atoms with E-state index in [1.807, 2.05) is 40.8 Å². The van der Waals surface area contributed by atoms with Gasteiger partial charge in [-0.05, 0) is 87.7 Å². The van der Waals surface area contributed by atoms with Crippen molar-refractivity contribution in [1.29, 1.82) is 0 Å². The van der Waals surface area contributed by atoms with E-state index in [4.69, 9.17) is 27.9 Å². The number of likely N-dealkylation sites (tertiary alicyclic amines) is 2. The summed E-state index contributed by atoms with van der Waals surface area (Å²) in [6, 6.07) is 11.3. The van der Waals surface area contributed by atoms with Crippen molar-refractivity contribution in [2.45, 2.75) is 76.5 Å². The van der Waals surface area contributed by atoms with Gasteiger partial charge in [-0.3, -0.25) is 14.5 Å². The standard InChI is InChI=1S/C36H44Cl2N4O4/c1-23-11-13-41(14-12-23)26-17-27(22-46-28-9-7-24(21-43)8-10-28)42(19-26)35(44)16-25-15-32(38)33(18-31(25)37)39-36(45)30-20-40(2)34-6-4-3-5-29(30)34/h3-6,15,18,20-21,23-24,26-28H,7-14,16-17,19,22H2,1-2H3,(H,39,45)/t24-,26-,27-,28-/m0/s1. The third-order valence-corrected chi connectivity index (χ3v) is 11.0. The van der Waals surface area contributed by atoms with Crippen LogP contribution >= 0.6 is 23.2 Å². The van der Waals surface area contributed by atoms with Gasteiger partial charge in [0.15, 0.2) is 0 Å². The van der Waals surface area contributed by atoms with Crippen molar-refractivity contribution in [3.05, 3.63) is 63.8 Å². The van der Waals surface area contributed by atoms with Crippen LogP contribution in [0.4, 0.5) is 5.69 Å². The number of halogens is 2. The number of carbonyl (C=O) groups excluding carboxylic acids is 3. The molecule has 0 unspecified atom stereocenters. The van der Waals surface area contributed by atoms with Crippen LogP contribution in [0.25, 0.3) is 10.9 Å². The molecule has 246 valence electrons. The van der Waals surface area contributed by atoms with Gasteiger partial charge in [0.25, 0.3) is 5.91 Å². The molecule has 1 saturated carbocycles. The number of carbonyl (C=O) groups is 3. The van der Waals surface area contributed by atoms with E-state index in [0.29, 0.717) is 46.1 Å². The summed E-state index contributed by atoms with van der Waals surface area (Å²) in [4.78, 5) is 42.9. The van der Waals surface area contributed by atoms with Gasteiger partial charge in [0.2, 0.25) is 5.91 Å². The van der Waals surface area contributed by atoms with Gasteiger partial charge in [-0.2, -0.15) is 0 Å². The number of anilines is 1. The summed E-state index contributed by atoms with van der Waals surface area (Å²) in [5.41, 5.74) is 2.53. The van der Waals surface area contributed by atoms with Gasteiger partial charge in [0.05, 0.1) is 41.4 Å². The highest BCUT2D eigenvalue weighted by Gasteiger charge is 2.39. The number of hydrogen-bond acceptors (Lipinski definition) is 5. The molecule has 2 aromatic carbocycles. The minimum Gasteiger partial charge on any atom is -0.376 e. The monoisotopic (exact) mass is 666 g/mol. The Labute approximate surface area is 281 Å². The molecule has 2 saturated heterocycles. The molecule has 0 radical (unpaired) electrons. The topological polar surface area (TPSA) is 83.9 Å². The highest BCUT2D eigenvalue weighted by molar-refractivity contribution is 6.36. The number of rotatable bonds is 9. The zero-order valence-corrected chi connectivity index (χ0v) is 28.2. The number of hydrogen-bond donors (Lipinski definition) is 1. The molecule has 0 bridgehead atoms. The number of aryl methyl sites for hydroxylation is 1. The van der Waals surface area contributed by atoms with E-state index in [1.54, 1.807) is 18.3 Å². The average Bonchev–Trinajstić information content (AvgIpc) is 3.64. The second-order valence-corrected chi connectivity index (χ2v) is 14.4. The Kier molecular flexibility index (Phi) is 10.4. The Morgan fingerprint density at radius 2 is 1.76 bits per heavy atom. The molecule has 1 aliphatic carbocycles. The lowest BCUT2D eigenvalue weighted by Gasteiger charge is -2.34. The number of aldehydes is 1. The van der Waals surface area contributed by atoms with Crippen LogP contribution in [-0.2, 0) is 27.8 Å². The quantitative estimate of drug-likeness (QED) is 0.255. The van der Waals surface area contributed by atoms with E-state index in [0.717, 1.165) is 68.3 Å². The van der Waals surface area contributed by atoms with Crippen LogP contribution in [0.5, 0.6) is 0 Å². The van der Waals surface area contributed by atoms with Crippen molar-refractivity contribution < 1.29 is 19.1 Å². The van der Waals surface area contributed by atoms with Crippen LogP contribution in [-0.4, -0.2) is 76.9 Å². The molecular formula is C36H44Cl2N4O4. The summed E-state index contributed by atoms with van der Waals surface area (Å²) in [5, 5.41) is 4.47. The number of ether oxygens (including phenoxy) is 1. The van der Waals surface area contributed by atoms with E-state index in [-0.39, 0.29) is 36.3 Å². The Morgan fingerprint density at radius 1 is 1.02 bits per heavy atom. The highest BCUT2D eigenvalue weighted by atomic mass is 35.5. The molecule has 2 amide bonds. The summed E-state index contributed by atoms with van der Waals surface area (Å²) in [7, 11) is 1.90. The molecule has 10 heteroatoms. The first-order chi connectivity index (χ1) is 22.2. The SMILES string of the molecule is CC1CCN([C@H]2C[C@@H](CO[C@H]3CC[C@H](C=O)CC3)N(C(=O)Cc3cc(Cl)c(NC(=O)c4cn(C)c5ccccc45)cc3Cl)C2)CC1. The second-order valence-electron chi connectivity index (χ2n) is 13.5. The molecule has 3 aromatic rings. The number of fused-ring (bicyclic) bond motifs is 1. The number of benzene rings is 2. The lowest BCUT2D eigenvalue weighted by atomic mass is 9.88. The van der Waals surface area contributed by atoms with Gasteiger partial charge >= 0.3 is 0 Å². The van der Waals surface area contributed by atoms with Crippen molar-refractivity contribution >= 4 is 57.9 Å². The molecule has 2 atom stereocenters. The largest absolute Gasteiger partial charge is 0.376 e. The molecule has 8 nitrogen and oxygen atoms in total. The summed E-state index contributed by atoms with van der Waals surface area (Å²) < 4.78 is 8.30. The van der Waals surface area contributed by atoms with Gasteiger partial charge in [-0.15, -0.1) is 0 Å². The molecule has 6 rings (SSSR count). The minimum absolute atomic E-state index is 0.00310. The second kappa shape index (κ2) is 14.5. The van der Waals surface area contributed by atoms with Gasteiger partial charge in [0.1, 0.15) is 6.29 Å². The maximum absolute atomic E-state index is 13.9. The van der Waals surface area contributed by atoms with Gasteiger partial charge < -0.3 is 24.3 Å². The van der Waals surface area contributed by atoms with Crippen LogP contribution in [0.15, 0.2) is 42.6 Å². The lowest BCUT2D eigenvalue weighted by molar-refractivity contribution is -0.133. The lowest BCUT2D eigenvalue weighted by Crippen LogP contribution is -2.43. The fourth-order valence-electron chi connectivity index (χ4n) is 7.45. The molecule has 3 heterocycles. The number of amides is 2. The number of nitrogens with one attached hydrogen (secondary N) is 1. The molecule has 1 aromatic heterocycles. The van der Waals surface area contributed by atoms with Crippen LogP contribution in [0.2, 0.25) is 10.0 Å². The molecule has 0 spiro atoms. The summed E-state index contributed by atoms with van der Waals surface area (Å²) in [6.45, 7) is 5.60. The Hall–Kier alpha value is -2.91. The van der Waals surface area contributed by atoms with Gasteiger partial charge in [0, 0.05) is 47.7 Å². The first-order valence-corrected chi connectivity index (χ1v) is 17.4. The molecule has 46 heavy (non-hydrogen) atoms. The Bertz CT molecular complexity index is 1580. The van der Waals surface area contributed by atoms with Crippen molar-refractivity contribution in [2.75, 3.05) is 31.6 Å². The molecule has 3 aliphatic rings. The van der Waals surface area contributed by atoms with Gasteiger partial charge in [-0.1, -0.05) is 48.3 Å². The van der Waals surface area contributed by atoms with Crippen molar-refractivity contribution in [2.24, 2.45) is 18.9 Å². The number of aromatic nitrogens is 1. The van der Waals surface area contributed by atoms with Crippen molar-refractivity contribution in [3.63, 3.8) is 0 Å². The highest BCUT2D eigenvalue weighted by Crippen LogP contribution is 2.33. The maximum Gasteiger partial charge on any atom is 0.257 e. The third-order valence-electron chi connectivity index (χ3n) is 10.4. The van der Waals surface area contributed by atoms with E-state index >= 15 is 0 Å². The fraction of sp³-hybridized carbons (Fsp3) is 0.528. The zero-order chi connectivity index (χ0) is 32.4. The van der Waals surface area contributed by atoms with Crippen LogP contribution < -0.4 is 5.32 Å². The smallest absolute Gasteiger partial charge is 0.257 e. The first-order valence-electron chi connectivity index (χ1n) is 16.6. The van der Waals surface area contributed by atoms with Crippen molar-refractivity contribution in [1.82, 2.24) is 14.4 Å². The third kappa shape index (κ3) is 7.30. The summed E-state index contributed by atoms with van der Waals surface area (Å²) >= 11 is 13.4. The van der Waals surface area contributed by atoms with Crippen LogP contribution in [0.3, 0.4) is 0 Å². The first kappa shape index (κ1) is 33.0. The zero-order valence-electron chi connectivity index (χ0n) is 26.7. The normalized spacial score (nSPS) is 24.4. The minimum atomic E-state index is -0.281. The Balaban J connectivity index is 1.13. The number of nitrogens with zero attached hydrogens (tertiary/aromatic N) is 3. The Morgan fingerprint density at radius 3 is 2.50 bits per heavy atom. The van der Waals surface area contributed by atoms with Crippen molar-refractivity contribution in [3.8, 4) is 0 Å². The van der Waals surface area contributed by atoms with Gasteiger partial charge in [-0.25, -0.2) is 0 Å². The predicted octanol–water partition coefficient (Wildman–Crippen LogP) is 6.76.